The summed E-state index contributed by atoms with van der Waals surface area (Å²) in [7, 11) is 0. The molecule has 3 heteroatoms. The standard InChI is InChI=1S/C14H25N3/c1-4-11(2)12(3)16-14-15-9-10-17(14)13-7-5-6-8-13/h9-13H,4-8H2,1-3H3,(H,15,16). The summed E-state index contributed by atoms with van der Waals surface area (Å²) in [5, 5.41) is 3.57. The van der Waals surface area contributed by atoms with Gasteiger partial charge in [0, 0.05) is 24.5 Å². The number of rotatable bonds is 5. The van der Waals surface area contributed by atoms with Crippen LogP contribution in [0.15, 0.2) is 12.4 Å². The van der Waals surface area contributed by atoms with Gasteiger partial charge in [-0.25, -0.2) is 4.98 Å². The van der Waals surface area contributed by atoms with Crippen LogP contribution < -0.4 is 5.32 Å². The zero-order valence-electron chi connectivity index (χ0n) is 11.3. The number of nitrogens with zero attached hydrogens (tertiary/aromatic N) is 2. The van der Waals surface area contributed by atoms with Gasteiger partial charge in [0.05, 0.1) is 0 Å². The first-order valence-electron chi connectivity index (χ1n) is 7.01. The molecule has 0 saturated heterocycles. The minimum atomic E-state index is 0.488. The monoisotopic (exact) mass is 235 g/mol. The van der Waals surface area contributed by atoms with Gasteiger partial charge in [0.15, 0.2) is 0 Å². The van der Waals surface area contributed by atoms with E-state index in [0.717, 1.165) is 5.95 Å². The Morgan fingerprint density at radius 2 is 2.12 bits per heavy atom. The van der Waals surface area contributed by atoms with E-state index >= 15 is 0 Å². The molecule has 0 aliphatic heterocycles. The first-order chi connectivity index (χ1) is 8.22. The predicted octanol–water partition coefficient (Wildman–Crippen LogP) is 3.84. The van der Waals surface area contributed by atoms with Crippen molar-refractivity contribution in [2.75, 3.05) is 5.32 Å². The van der Waals surface area contributed by atoms with E-state index in [1.54, 1.807) is 0 Å². The van der Waals surface area contributed by atoms with Crippen molar-refractivity contribution in [2.24, 2.45) is 5.92 Å². The number of hydrogen-bond acceptors (Lipinski definition) is 2. The molecule has 96 valence electrons. The average molecular weight is 235 g/mol. The summed E-state index contributed by atoms with van der Waals surface area (Å²) in [6, 6.07) is 1.16. The summed E-state index contributed by atoms with van der Waals surface area (Å²) in [4.78, 5) is 4.47. The largest absolute Gasteiger partial charge is 0.353 e. The van der Waals surface area contributed by atoms with Gasteiger partial charge in [-0.05, 0) is 25.7 Å². The van der Waals surface area contributed by atoms with Crippen LogP contribution >= 0.6 is 0 Å². The Balaban J connectivity index is 2.03. The second kappa shape index (κ2) is 5.56. The number of nitrogens with one attached hydrogen (secondary N) is 1. The minimum Gasteiger partial charge on any atom is -0.353 e. The molecule has 1 fully saturated rings. The SMILES string of the molecule is CCC(C)C(C)Nc1nccn1C1CCCC1. The van der Waals surface area contributed by atoms with Crippen LogP contribution in [-0.2, 0) is 0 Å². The molecular formula is C14H25N3. The third-order valence-corrected chi connectivity index (χ3v) is 4.24. The summed E-state index contributed by atoms with van der Waals surface area (Å²) in [5.41, 5.74) is 0. The zero-order chi connectivity index (χ0) is 12.3. The van der Waals surface area contributed by atoms with Crippen LogP contribution in [0.1, 0.15) is 58.9 Å². The van der Waals surface area contributed by atoms with Crippen molar-refractivity contribution in [3.05, 3.63) is 12.4 Å². The van der Waals surface area contributed by atoms with Gasteiger partial charge in [0.2, 0.25) is 5.95 Å². The molecule has 1 aromatic rings. The lowest BCUT2D eigenvalue weighted by Gasteiger charge is -2.23. The fraction of sp³-hybridized carbons (Fsp3) is 0.786. The maximum atomic E-state index is 4.47. The van der Waals surface area contributed by atoms with Crippen LogP contribution in [0.4, 0.5) is 5.95 Å². The number of hydrogen-bond donors (Lipinski definition) is 1. The smallest absolute Gasteiger partial charge is 0.203 e. The van der Waals surface area contributed by atoms with Crippen molar-refractivity contribution >= 4 is 5.95 Å². The highest BCUT2D eigenvalue weighted by atomic mass is 15.2. The minimum absolute atomic E-state index is 0.488. The van der Waals surface area contributed by atoms with E-state index in [9.17, 15) is 0 Å². The highest BCUT2D eigenvalue weighted by Crippen LogP contribution is 2.31. The Kier molecular flexibility index (Phi) is 4.08. The van der Waals surface area contributed by atoms with E-state index in [1.165, 1.54) is 32.1 Å². The van der Waals surface area contributed by atoms with Crippen LogP contribution in [0.25, 0.3) is 0 Å². The topological polar surface area (TPSA) is 29.9 Å². The lowest BCUT2D eigenvalue weighted by Crippen LogP contribution is -2.25. The molecule has 1 saturated carbocycles. The Labute approximate surface area is 105 Å². The van der Waals surface area contributed by atoms with Crippen LogP contribution in [0.3, 0.4) is 0 Å². The first-order valence-corrected chi connectivity index (χ1v) is 7.01. The van der Waals surface area contributed by atoms with Gasteiger partial charge in [0.25, 0.3) is 0 Å². The molecule has 2 atom stereocenters. The molecule has 1 heterocycles. The molecule has 1 aliphatic carbocycles. The van der Waals surface area contributed by atoms with Crippen LogP contribution in [0.5, 0.6) is 0 Å². The number of anilines is 1. The van der Waals surface area contributed by atoms with E-state index in [2.05, 4.69) is 41.8 Å². The van der Waals surface area contributed by atoms with Gasteiger partial charge in [-0.1, -0.05) is 33.1 Å². The first kappa shape index (κ1) is 12.5. The normalized spacial score (nSPS) is 20.4. The Morgan fingerprint density at radius 1 is 1.41 bits per heavy atom. The summed E-state index contributed by atoms with van der Waals surface area (Å²) in [6.45, 7) is 6.79. The van der Waals surface area contributed by atoms with Crippen molar-refractivity contribution < 1.29 is 0 Å². The fourth-order valence-corrected chi connectivity index (χ4v) is 2.60. The van der Waals surface area contributed by atoms with Gasteiger partial charge in [-0.15, -0.1) is 0 Å². The average Bonchev–Trinajstić information content (AvgIpc) is 2.97. The van der Waals surface area contributed by atoms with E-state index in [4.69, 9.17) is 0 Å². The lowest BCUT2D eigenvalue weighted by atomic mass is 10.0. The number of aromatic nitrogens is 2. The van der Waals surface area contributed by atoms with Crippen molar-refractivity contribution in [1.82, 2.24) is 9.55 Å². The zero-order valence-corrected chi connectivity index (χ0v) is 11.3. The van der Waals surface area contributed by atoms with Gasteiger partial charge in [-0.2, -0.15) is 0 Å². The van der Waals surface area contributed by atoms with Crippen molar-refractivity contribution in [1.29, 1.82) is 0 Å². The molecule has 1 N–H and O–H groups in total. The molecule has 3 nitrogen and oxygen atoms in total. The van der Waals surface area contributed by atoms with E-state index < -0.39 is 0 Å². The predicted molar refractivity (Wildman–Crippen MR) is 72.3 cm³/mol. The second-order valence-corrected chi connectivity index (χ2v) is 5.41. The van der Waals surface area contributed by atoms with Gasteiger partial charge in [-0.3, -0.25) is 0 Å². The van der Waals surface area contributed by atoms with E-state index in [0.29, 0.717) is 18.0 Å². The molecule has 0 spiro atoms. The molecular weight excluding hydrogens is 210 g/mol. The van der Waals surface area contributed by atoms with E-state index in [1.807, 2.05) is 6.20 Å². The Bertz CT molecular complexity index is 339. The molecule has 0 amide bonds. The third-order valence-electron chi connectivity index (χ3n) is 4.24. The molecule has 1 aliphatic rings. The maximum absolute atomic E-state index is 4.47. The summed E-state index contributed by atoms with van der Waals surface area (Å²) < 4.78 is 2.34. The summed E-state index contributed by atoms with van der Waals surface area (Å²) >= 11 is 0. The van der Waals surface area contributed by atoms with E-state index in [-0.39, 0.29) is 0 Å². The maximum Gasteiger partial charge on any atom is 0.203 e. The molecule has 0 radical (unpaired) electrons. The summed E-state index contributed by atoms with van der Waals surface area (Å²) in [6.07, 6.45) is 10.6. The second-order valence-electron chi connectivity index (χ2n) is 5.41. The highest BCUT2D eigenvalue weighted by molar-refractivity contribution is 5.28. The molecule has 17 heavy (non-hydrogen) atoms. The van der Waals surface area contributed by atoms with Gasteiger partial charge in [0.1, 0.15) is 0 Å². The van der Waals surface area contributed by atoms with Crippen molar-refractivity contribution in [3.63, 3.8) is 0 Å². The van der Waals surface area contributed by atoms with Crippen molar-refractivity contribution in [2.45, 2.75) is 65.0 Å². The highest BCUT2D eigenvalue weighted by Gasteiger charge is 2.20. The fourth-order valence-electron chi connectivity index (χ4n) is 2.60. The third kappa shape index (κ3) is 2.82. The Morgan fingerprint density at radius 3 is 2.76 bits per heavy atom. The molecule has 0 aromatic carbocycles. The molecule has 0 bridgehead atoms. The van der Waals surface area contributed by atoms with Gasteiger partial charge >= 0.3 is 0 Å². The van der Waals surface area contributed by atoms with Crippen LogP contribution in [0.2, 0.25) is 0 Å². The summed E-state index contributed by atoms with van der Waals surface area (Å²) in [5.74, 6) is 1.74. The van der Waals surface area contributed by atoms with Crippen LogP contribution in [-0.4, -0.2) is 15.6 Å². The Hall–Kier alpha value is -0.990. The number of imidazole rings is 1. The molecule has 2 rings (SSSR count). The van der Waals surface area contributed by atoms with Crippen molar-refractivity contribution in [3.8, 4) is 0 Å². The quantitative estimate of drug-likeness (QED) is 0.840. The van der Waals surface area contributed by atoms with Gasteiger partial charge < -0.3 is 9.88 Å². The lowest BCUT2D eigenvalue weighted by molar-refractivity contribution is 0.478. The molecule has 1 aromatic heterocycles. The molecule has 2 unspecified atom stereocenters. The van der Waals surface area contributed by atoms with Crippen LogP contribution in [0, 0.1) is 5.92 Å².